The molecule has 1 aliphatic carbocycles. The van der Waals surface area contributed by atoms with Crippen LogP contribution in [0.1, 0.15) is 51.0 Å². The van der Waals surface area contributed by atoms with Crippen molar-refractivity contribution in [3.05, 3.63) is 24.0 Å². The summed E-state index contributed by atoms with van der Waals surface area (Å²) in [5, 5.41) is 4.40. The van der Waals surface area contributed by atoms with E-state index in [4.69, 9.17) is 20.2 Å². The molecule has 0 saturated heterocycles. The Kier molecular flexibility index (Phi) is 6.59. The van der Waals surface area contributed by atoms with Crippen LogP contribution in [-0.4, -0.2) is 45.8 Å². The van der Waals surface area contributed by atoms with Gasteiger partial charge in [0.1, 0.15) is 19.5 Å². The molecule has 9 heteroatoms. The van der Waals surface area contributed by atoms with Gasteiger partial charge in [0.15, 0.2) is 33.6 Å². The summed E-state index contributed by atoms with van der Waals surface area (Å²) in [4.78, 5) is 14.7. The first-order valence-corrected chi connectivity index (χ1v) is 12.7. The van der Waals surface area contributed by atoms with E-state index >= 15 is 0 Å². The first-order chi connectivity index (χ1) is 16.1. The summed E-state index contributed by atoms with van der Waals surface area (Å²) in [7, 11) is 0. The second-order valence-corrected chi connectivity index (χ2v) is 10.2. The van der Waals surface area contributed by atoms with Crippen molar-refractivity contribution in [3.8, 4) is 11.5 Å². The first-order valence-electron chi connectivity index (χ1n) is 11.9. The third-order valence-corrected chi connectivity index (χ3v) is 7.33. The number of hydrogen-bond donors (Lipinski definition) is 2. The van der Waals surface area contributed by atoms with Crippen LogP contribution in [-0.2, 0) is 6.54 Å². The summed E-state index contributed by atoms with van der Waals surface area (Å²) in [5.74, 6) is 3.22. The summed E-state index contributed by atoms with van der Waals surface area (Å²) in [5.41, 5.74) is 8.92. The number of nitrogen functional groups attached to an aromatic ring is 1. The molecule has 1 aromatic carbocycles. The maximum atomic E-state index is 6.16. The molecule has 1 aliphatic heterocycles. The SMILES string of the molecule is CC(C)CNCCn1c(Sc2cc3c(cc2C2CCCC2)OCCO3)nc2c(N)ncnc21. The minimum atomic E-state index is 0.411. The van der Waals surface area contributed by atoms with Crippen LogP contribution in [0.4, 0.5) is 5.82 Å². The van der Waals surface area contributed by atoms with Crippen molar-refractivity contribution < 1.29 is 9.47 Å². The third-order valence-electron chi connectivity index (χ3n) is 6.26. The van der Waals surface area contributed by atoms with Crippen molar-refractivity contribution in [2.45, 2.75) is 62.0 Å². The highest BCUT2D eigenvalue weighted by atomic mass is 32.2. The lowest BCUT2D eigenvalue weighted by Gasteiger charge is -2.23. The van der Waals surface area contributed by atoms with Crippen molar-refractivity contribution in [1.29, 1.82) is 0 Å². The number of ether oxygens (including phenoxy) is 2. The maximum absolute atomic E-state index is 6.16. The summed E-state index contributed by atoms with van der Waals surface area (Å²) < 4.78 is 14.0. The molecule has 2 aromatic heterocycles. The molecule has 176 valence electrons. The molecule has 2 aliphatic rings. The van der Waals surface area contributed by atoms with E-state index in [0.717, 1.165) is 41.9 Å². The molecule has 0 unspecified atom stereocenters. The van der Waals surface area contributed by atoms with Gasteiger partial charge in [0.25, 0.3) is 0 Å². The molecule has 0 atom stereocenters. The smallest absolute Gasteiger partial charge is 0.175 e. The van der Waals surface area contributed by atoms with E-state index in [1.54, 1.807) is 11.8 Å². The molecule has 0 bridgehead atoms. The van der Waals surface area contributed by atoms with Gasteiger partial charge in [-0.05, 0) is 48.9 Å². The van der Waals surface area contributed by atoms with Crippen LogP contribution in [0.5, 0.6) is 11.5 Å². The van der Waals surface area contributed by atoms with Gasteiger partial charge in [0, 0.05) is 18.0 Å². The van der Waals surface area contributed by atoms with Gasteiger partial charge in [-0.2, -0.15) is 0 Å². The summed E-state index contributed by atoms with van der Waals surface area (Å²) in [6.45, 7) is 8.15. The lowest BCUT2D eigenvalue weighted by Crippen LogP contribution is -2.24. The molecular weight excluding hydrogens is 436 g/mol. The third kappa shape index (κ3) is 4.75. The molecule has 5 rings (SSSR count). The Bertz CT molecular complexity index is 1130. The lowest BCUT2D eigenvalue weighted by atomic mass is 9.97. The van der Waals surface area contributed by atoms with Gasteiger partial charge < -0.3 is 25.1 Å². The second-order valence-electron chi connectivity index (χ2n) is 9.19. The Balaban J connectivity index is 1.51. The fraction of sp³-hybridized carbons (Fsp3) is 0.542. The summed E-state index contributed by atoms with van der Waals surface area (Å²) in [6.07, 6.45) is 6.48. The van der Waals surface area contributed by atoms with E-state index in [-0.39, 0.29) is 0 Å². The van der Waals surface area contributed by atoms with E-state index < -0.39 is 0 Å². The molecule has 8 nitrogen and oxygen atoms in total. The van der Waals surface area contributed by atoms with Gasteiger partial charge in [-0.15, -0.1) is 0 Å². The zero-order valence-electron chi connectivity index (χ0n) is 19.3. The predicted octanol–water partition coefficient (Wildman–Crippen LogP) is 4.23. The van der Waals surface area contributed by atoms with E-state index in [0.29, 0.717) is 36.4 Å². The van der Waals surface area contributed by atoms with Gasteiger partial charge in [0.2, 0.25) is 0 Å². The topological polar surface area (TPSA) is 100 Å². The highest BCUT2D eigenvalue weighted by molar-refractivity contribution is 7.99. The lowest BCUT2D eigenvalue weighted by molar-refractivity contribution is 0.170. The number of fused-ring (bicyclic) bond motifs is 2. The van der Waals surface area contributed by atoms with Gasteiger partial charge >= 0.3 is 0 Å². The van der Waals surface area contributed by atoms with Crippen LogP contribution in [0.15, 0.2) is 28.5 Å². The predicted molar refractivity (Wildman–Crippen MR) is 130 cm³/mol. The Morgan fingerprint density at radius 2 is 1.91 bits per heavy atom. The Morgan fingerprint density at radius 3 is 2.67 bits per heavy atom. The van der Waals surface area contributed by atoms with Gasteiger partial charge in [-0.3, -0.25) is 0 Å². The van der Waals surface area contributed by atoms with Crippen molar-refractivity contribution in [2.24, 2.45) is 5.92 Å². The monoisotopic (exact) mass is 468 g/mol. The minimum Gasteiger partial charge on any atom is -0.486 e. The molecule has 0 radical (unpaired) electrons. The minimum absolute atomic E-state index is 0.411. The van der Waals surface area contributed by atoms with Crippen molar-refractivity contribution >= 4 is 28.7 Å². The highest BCUT2D eigenvalue weighted by Crippen LogP contribution is 2.46. The number of anilines is 1. The van der Waals surface area contributed by atoms with Crippen molar-refractivity contribution in [3.63, 3.8) is 0 Å². The molecule has 3 aromatic rings. The molecule has 1 saturated carbocycles. The van der Waals surface area contributed by atoms with Crippen LogP contribution in [0.2, 0.25) is 0 Å². The Hall–Kier alpha value is -2.52. The fourth-order valence-corrected chi connectivity index (χ4v) is 5.75. The molecule has 0 amide bonds. The number of nitrogens with two attached hydrogens (primary N) is 1. The van der Waals surface area contributed by atoms with Crippen molar-refractivity contribution in [1.82, 2.24) is 24.8 Å². The van der Waals surface area contributed by atoms with Gasteiger partial charge in [-0.25, -0.2) is 15.0 Å². The first kappa shape index (κ1) is 22.3. The van der Waals surface area contributed by atoms with Crippen LogP contribution in [0.25, 0.3) is 11.2 Å². The van der Waals surface area contributed by atoms with Crippen LogP contribution in [0.3, 0.4) is 0 Å². The largest absolute Gasteiger partial charge is 0.486 e. The molecule has 33 heavy (non-hydrogen) atoms. The standard InChI is InChI=1S/C24H32N6O2S/c1-15(2)13-26-7-8-30-23-21(22(25)27-14-28-23)29-24(30)33-20-12-19-18(31-9-10-32-19)11-17(20)16-5-3-4-6-16/h11-12,14-16,26H,3-10,13H2,1-2H3,(H2,25,27,28). The fourth-order valence-electron chi connectivity index (χ4n) is 4.62. The number of rotatable bonds is 8. The highest BCUT2D eigenvalue weighted by Gasteiger charge is 2.26. The average Bonchev–Trinajstić information content (AvgIpc) is 3.45. The quantitative estimate of drug-likeness (QED) is 0.474. The number of aromatic nitrogens is 4. The van der Waals surface area contributed by atoms with E-state index in [1.807, 2.05) is 0 Å². The maximum Gasteiger partial charge on any atom is 0.175 e. The van der Waals surface area contributed by atoms with Gasteiger partial charge in [0.05, 0.1) is 0 Å². The number of imidazole rings is 1. The molecule has 0 spiro atoms. The second kappa shape index (κ2) is 9.77. The Morgan fingerprint density at radius 1 is 1.15 bits per heavy atom. The summed E-state index contributed by atoms with van der Waals surface area (Å²) in [6, 6.07) is 4.32. The number of hydrogen-bond acceptors (Lipinski definition) is 8. The average molecular weight is 469 g/mol. The number of nitrogens with one attached hydrogen (secondary N) is 1. The normalized spacial score (nSPS) is 16.2. The number of nitrogens with zero attached hydrogens (tertiary/aromatic N) is 4. The molecule has 3 heterocycles. The summed E-state index contributed by atoms with van der Waals surface area (Å²) >= 11 is 1.66. The van der Waals surface area contributed by atoms with Crippen LogP contribution < -0.4 is 20.5 Å². The van der Waals surface area contributed by atoms with E-state index in [1.165, 1.54) is 42.5 Å². The zero-order chi connectivity index (χ0) is 22.8. The van der Waals surface area contributed by atoms with E-state index in [9.17, 15) is 0 Å². The molecule has 3 N–H and O–H groups in total. The Labute approximate surface area is 198 Å². The van der Waals surface area contributed by atoms with Gasteiger partial charge in [-0.1, -0.05) is 38.5 Å². The van der Waals surface area contributed by atoms with Crippen molar-refractivity contribution in [2.75, 3.05) is 32.0 Å². The van der Waals surface area contributed by atoms with Crippen LogP contribution in [0, 0.1) is 5.92 Å². The molecular formula is C24H32N6O2S. The van der Waals surface area contributed by atoms with Crippen LogP contribution >= 0.6 is 11.8 Å². The van der Waals surface area contributed by atoms with E-state index in [2.05, 4.69) is 45.8 Å². The molecule has 1 fully saturated rings. The number of benzene rings is 1. The zero-order valence-corrected chi connectivity index (χ0v) is 20.2.